The zero-order chi connectivity index (χ0) is 18.2. The summed E-state index contributed by atoms with van der Waals surface area (Å²) in [6.07, 6.45) is 1.15. The molecule has 1 unspecified atom stereocenters. The van der Waals surface area contributed by atoms with E-state index >= 15 is 0 Å². The van der Waals surface area contributed by atoms with Crippen LogP contribution in [0.1, 0.15) is 23.6 Å². The maximum Gasteiger partial charge on any atom is 0.220 e. The van der Waals surface area contributed by atoms with Crippen molar-refractivity contribution in [3.8, 4) is 5.75 Å². The summed E-state index contributed by atoms with van der Waals surface area (Å²) in [4.78, 5) is 14.3. The number of aryl methyl sites for hydroxylation is 1. The average molecular weight is 361 g/mol. The highest BCUT2D eigenvalue weighted by Gasteiger charge is 2.18. The first-order valence-corrected chi connectivity index (χ1v) is 8.69. The lowest BCUT2D eigenvalue weighted by Crippen LogP contribution is -2.34. The van der Waals surface area contributed by atoms with Crippen LogP contribution in [0.4, 0.5) is 0 Å². The van der Waals surface area contributed by atoms with Gasteiger partial charge in [0.2, 0.25) is 5.91 Å². The van der Waals surface area contributed by atoms with Gasteiger partial charge in [-0.05, 0) is 44.3 Å². The maximum absolute atomic E-state index is 12.2. The zero-order valence-electron chi connectivity index (χ0n) is 15.0. The van der Waals surface area contributed by atoms with Crippen molar-refractivity contribution in [1.82, 2.24) is 10.2 Å². The van der Waals surface area contributed by atoms with Gasteiger partial charge in [0.25, 0.3) is 0 Å². The predicted octanol–water partition coefficient (Wildman–Crippen LogP) is 3.70. The second-order valence-electron chi connectivity index (χ2n) is 6.15. The average Bonchev–Trinajstić information content (AvgIpc) is 2.61. The van der Waals surface area contributed by atoms with Gasteiger partial charge in [-0.2, -0.15) is 0 Å². The number of nitrogens with one attached hydrogen (secondary N) is 1. The van der Waals surface area contributed by atoms with Crippen molar-refractivity contribution in [3.63, 3.8) is 0 Å². The highest BCUT2D eigenvalue weighted by atomic mass is 35.5. The Morgan fingerprint density at radius 3 is 2.48 bits per heavy atom. The molecule has 1 atom stereocenters. The van der Waals surface area contributed by atoms with Crippen LogP contribution in [0.3, 0.4) is 0 Å². The van der Waals surface area contributed by atoms with Crippen molar-refractivity contribution in [2.75, 3.05) is 27.7 Å². The van der Waals surface area contributed by atoms with Gasteiger partial charge in [-0.15, -0.1) is 0 Å². The third kappa shape index (κ3) is 5.76. The van der Waals surface area contributed by atoms with Crippen LogP contribution in [-0.4, -0.2) is 38.6 Å². The third-order valence-corrected chi connectivity index (χ3v) is 4.42. The van der Waals surface area contributed by atoms with Gasteiger partial charge in [0, 0.05) is 23.6 Å². The van der Waals surface area contributed by atoms with E-state index in [0.29, 0.717) is 24.4 Å². The molecule has 0 aliphatic carbocycles. The van der Waals surface area contributed by atoms with Crippen LogP contribution in [-0.2, 0) is 11.2 Å². The van der Waals surface area contributed by atoms with Gasteiger partial charge in [-0.3, -0.25) is 4.79 Å². The van der Waals surface area contributed by atoms with E-state index in [9.17, 15) is 4.79 Å². The number of halogens is 1. The van der Waals surface area contributed by atoms with Gasteiger partial charge in [0.15, 0.2) is 0 Å². The first-order chi connectivity index (χ1) is 12.0. The number of hydrogen-bond acceptors (Lipinski definition) is 3. The highest BCUT2D eigenvalue weighted by Crippen LogP contribution is 2.27. The monoisotopic (exact) mass is 360 g/mol. The maximum atomic E-state index is 12.2. The quantitative estimate of drug-likeness (QED) is 0.780. The first kappa shape index (κ1) is 19.3. The van der Waals surface area contributed by atoms with Crippen molar-refractivity contribution in [2.45, 2.75) is 18.9 Å². The molecule has 0 bridgehead atoms. The van der Waals surface area contributed by atoms with Crippen LogP contribution in [0.2, 0.25) is 5.02 Å². The second-order valence-corrected chi connectivity index (χ2v) is 6.59. The van der Waals surface area contributed by atoms with Crippen molar-refractivity contribution in [3.05, 3.63) is 64.7 Å². The molecule has 134 valence electrons. The standard InChI is InChI=1S/C20H25ClN2O2/c1-23(2)18(17-6-4-5-7-19(17)25-3)14-22-20(24)13-10-15-8-11-16(21)12-9-15/h4-9,11-12,18H,10,13-14H2,1-3H3,(H,22,24). The molecule has 4 nitrogen and oxygen atoms in total. The molecule has 0 fully saturated rings. The Morgan fingerprint density at radius 2 is 1.84 bits per heavy atom. The van der Waals surface area contributed by atoms with Crippen molar-refractivity contribution < 1.29 is 9.53 Å². The summed E-state index contributed by atoms with van der Waals surface area (Å²) < 4.78 is 5.45. The highest BCUT2D eigenvalue weighted by molar-refractivity contribution is 6.30. The molecule has 25 heavy (non-hydrogen) atoms. The fourth-order valence-electron chi connectivity index (χ4n) is 2.72. The summed E-state index contributed by atoms with van der Waals surface area (Å²) in [7, 11) is 5.66. The zero-order valence-corrected chi connectivity index (χ0v) is 15.7. The lowest BCUT2D eigenvalue weighted by Gasteiger charge is -2.26. The van der Waals surface area contributed by atoms with E-state index in [-0.39, 0.29) is 11.9 Å². The Labute approximate surface area is 154 Å². The molecule has 2 aromatic rings. The minimum absolute atomic E-state index is 0.0386. The summed E-state index contributed by atoms with van der Waals surface area (Å²) in [5, 5.41) is 3.74. The first-order valence-electron chi connectivity index (χ1n) is 8.31. The molecule has 0 spiro atoms. The van der Waals surface area contributed by atoms with E-state index in [0.717, 1.165) is 16.9 Å². The molecular weight excluding hydrogens is 336 g/mol. The number of amides is 1. The summed E-state index contributed by atoms with van der Waals surface area (Å²) in [5.74, 6) is 0.869. The number of likely N-dealkylation sites (N-methyl/N-ethyl adjacent to an activating group) is 1. The van der Waals surface area contributed by atoms with Gasteiger partial charge in [-0.1, -0.05) is 41.9 Å². The molecule has 1 N–H and O–H groups in total. The van der Waals surface area contributed by atoms with E-state index in [1.165, 1.54) is 0 Å². The van der Waals surface area contributed by atoms with Crippen LogP contribution in [0, 0.1) is 0 Å². The molecule has 0 radical (unpaired) electrons. The Kier molecular flexibility index (Phi) is 7.29. The van der Waals surface area contributed by atoms with Gasteiger partial charge >= 0.3 is 0 Å². The van der Waals surface area contributed by atoms with E-state index in [2.05, 4.69) is 10.2 Å². The van der Waals surface area contributed by atoms with Crippen LogP contribution < -0.4 is 10.1 Å². The van der Waals surface area contributed by atoms with Gasteiger partial charge in [0.1, 0.15) is 5.75 Å². The van der Waals surface area contributed by atoms with E-state index < -0.39 is 0 Å². The van der Waals surface area contributed by atoms with Crippen LogP contribution in [0.15, 0.2) is 48.5 Å². The molecule has 5 heteroatoms. The number of para-hydroxylation sites is 1. The predicted molar refractivity (Wildman–Crippen MR) is 102 cm³/mol. The molecule has 1 amide bonds. The molecule has 0 saturated heterocycles. The molecular formula is C20H25ClN2O2. The number of ether oxygens (including phenoxy) is 1. The Bertz CT molecular complexity index is 686. The van der Waals surface area contributed by atoms with E-state index in [1.54, 1.807) is 7.11 Å². The Hall–Kier alpha value is -2.04. The molecule has 0 aliphatic heterocycles. The number of benzene rings is 2. The largest absolute Gasteiger partial charge is 0.496 e. The lowest BCUT2D eigenvalue weighted by atomic mass is 10.0. The van der Waals surface area contributed by atoms with Gasteiger partial charge < -0.3 is 15.0 Å². The topological polar surface area (TPSA) is 41.6 Å². The molecule has 0 saturated carbocycles. The van der Waals surface area contributed by atoms with Crippen LogP contribution in [0.5, 0.6) is 5.75 Å². The smallest absolute Gasteiger partial charge is 0.220 e. The molecule has 0 aromatic heterocycles. The summed E-state index contributed by atoms with van der Waals surface area (Å²) in [6, 6.07) is 15.5. The molecule has 0 aliphatic rings. The molecule has 0 heterocycles. The molecule has 2 rings (SSSR count). The van der Waals surface area contributed by atoms with Crippen LogP contribution in [0.25, 0.3) is 0 Å². The van der Waals surface area contributed by atoms with Crippen molar-refractivity contribution >= 4 is 17.5 Å². The number of hydrogen-bond donors (Lipinski definition) is 1. The van der Waals surface area contributed by atoms with Gasteiger partial charge in [0.05, 0.1) is 13.2 Å². The van der Waals surface area contributed by atoms with E-state index in [4.69, 9.17) is 16.3 Å². The van der Waals surface area contributed by atoms with Crippen LogP contribution >= 0.6 is 11.6 Å². The fraction of sp³-hybridized carbons (Fsp3) is 0.350. The van der Waals surface area contributed by atoms with Crippen molar-refractivity contribution in [1.29, 1.82) is 0 Å². The Morgan fingerprint density at radius 1 is 1.16 bits per heavy atom. The SMILES string of the molecule is COc1ccccc1C(CNC(=O)CCc1ccc(Cl)cc1)N(C)C. The minimum atomic E-state index is 0.0386. The van der Waals surface area contributed by atoms with Crippen molar-refractivity contribution in [2.24, 2.45) is 0 Å². The summed E-state index contributed by atoms with van der Waals surface area (Å²) in [6.45, 7) is 0.535. The number of rotatable bonds is 8. The fourth-order valence-corrected chi connectivity index (χ4v) is 2.85. The number of carbonyl (C=O) groups is 1. The number of methoxy groups -OCH3 is 1. The third-order valence-electron chi connectivity index (χ3n) is 4.17. The number of carbonyl (C=O) groups excluding carboxylic acids is 1. The number of nitrogens with zero attached hydrogens (tertiary/aromatic N) is 1. The lowest BCUT2D eigenvalue weighted by molar-refractivity contribution is -0.121. The normalized spacial score (nSPS) is 12.0. The van der Waals surface area contributed by atoms with E-state index in [1.807, 2.05) is 62.6 Å². The Balaban J connectivity index is 1.92. The minimum Gasteiger partial charge on any atom is -0.496 e. The second kappa shape index (κ2) is 9.44. The van der Waals surface area contributed by atoms with Gasteiger partial charge in [-0.25, -0.2) is 0 Å². The summed E-state index contributed by atoms with van der Waals surface area (Å²) >= 11 is 5.88. The summed E-state index contributed by atoms with van der Waals surface area (Å²) in [5.41, 5.74) is 2.17. The molecule has 2 aromatic carbocycles.